The topological polar surface area (TPSA) is 36.8 Å². The van der Waals surface area contributed by atoms with E-state index in [4.69, 9.17) is 0 Å². The van der Waals surface area contributed by atoms with Crippen LogP contribution in [0.3, 0.4) is 0 Å². The predicted octanol–water partition coefficient (Wildman–Crippen LogP) is 6.60. The van der Waals surface area contributed by atoms with Gasteiger partial charge in [0.05, 0.1) is 11.3 Å². The Morgan fingerprint density at radius 2 is 1.71 bits per heavy atom. The van der Waals surface area contributed by atoms with E-state index in [-0.39, 0.29) is 5.56 Å². The lowest BCUT2D eigenvalue weighted by molar-refractivity contribution is -0.137. The molecule has 3 rings (SSSR count). The highest BCUT2D eigenvalue weighted by molar-refractivity contribution is 6.05. The normalized spacial score (nSPS) is 18.7. The van der Waals surface area contributed by atoms with Gasteiger partial charge >= 0.3 is 6.18 Å². The molecule has 3 nitrogen and oxygen atoms in total. The molecule has 0 unspecified atom stereocenters. The summed E-state index contributed by atoms with van der Waals surface area (Å²) in [5.41, 5.74) is 2.39. The van der Waals surface area contributed by atoms with Crippen LogP contribution in [0, 0.1) is 5.92 Å². The molecule has 0 aromatic heterocycles. The van der Waals surface area contributed by atoms with E-state index < -0.39 is 11.7 Å². The Balaban J connectivity index is 0.000000363. The largest absolute Gasteiger partial charge is 0.417 e. The quantitative estimate of drug-likeness (QED) is 0.571. The van der Waals surface area contributed by atoms with Crippen molar-refractivity contribution in [2.45, 2.75) is 65.5 Å². The predicted molar refractivity (Wildman–Crippen MR) is 112 cm³/mol. The number of hydrogen-bond acceptors (Lipinski definition) is 2. The van der Waals surface area contributed by atoms with E-state index in [0.29, 0.717) is 18.0 Å². The van der Waals surface area contributed by atoms with Crippen molar-refractivity contribution in [3.8, 4) is 0 Å². The third kappa shape index (κ3) is 7.87. The molecule has 1 aromatic rings. The van der Waals surface area contributed by atoms with Gasteiger partial charge in [0.2, 0.25) is 0 Å². The summed E-state index contributed by atoms with van der Waals surface area (Å²) in [7, 11) is 1.58. The van der Waals surface area contributed by atoms with Crippen molar-refractivity contribution >= 4 is 11.5 Å². The van der Waals surface area contributed by atoms with Crippen LogP contribution in [0.2, 0.25) is 0 Å². The van der Waals surface area contributed by atoms with Crippen molar-refractivity contribution in [3.63, 3.8) is 0 Å². The minimum absolute atomic E-state index is 0.0875. The second-order valence-corrected chi connectivity index (χ2v) is 6.67. The zero-order valence-corrected chi connectivity index (χ0v) is 17.3. The van der Waals surface area contributed by atoms with E-state index in [2.05, 4.69) is 22.4 Å². The van der Waals surface area contributed by atoms with Gasteiger partial charge in [-0.15, -0.1) is 0 Å². The smallest absolute Gasteiger partial charge is 0.271 e. The summed E-state index contributed by atoms with van der Waals surface area (Å²) < 4.78 is 38.8. The highest BCUT2D eigenvalue weighted by atomic mass is 19.4. The SMILES string of the molecule is CC.CC1CCCCC1.CN=C1C=CCC(c2ccccc2C(F)(F)F)=NN1. The minimum Gasteiger partial charge on any atom is -0.271 e. The van der Waals surface area contributed by atoms with Crippen molar-refractivity contribution in [2.75, 3.05) is 7.05 Å². The first kappa shape index (κ1) is 23.9. The molecule has 0 saturated heterocycles. The summed E-state index contributed by atoms with van der Waals surface area (Å²) in [5, 5.41) is 3.99. The molecule has 1 aliphatic heterocycles. The number of nitrogens with one attached hydrogen (secondary N) is 1. The van der Waals surface area contributed by atoms with E-state index in [1.807, 2.05) is 13.8 Å². The molecule has 1 aliphatic carbocycles. The van der Waals surface area contributed by atoms with E-state index in [1.54, 1.807) is 25.3 Å². The molecule has 28 heavy (non-hydrogen) atoms. The van der Waals surface area contributed by atoms with Crippen LogP contribution in [0.1, 0.15) is 70.4 Å². The molecular formula is C22H32F3N3. The molecule has 1 N–H and O–H groups in total. The van der Waals surface area contributed by atoms with E-state index in [1.165, 1.54) is 44.2 Å². The fourth-order valence-electron chi connectivity index (χ4n) is 3.07. The van der Waals surface area contributed by atoms with Crippen LogP contribution in [0.4, 0.5) is 13.2 Å². The summed E-state index contributed by atoms with van der Waals surface area (Å²) in [5.74, 6) is 1.55. The van der Waals surface area contributed by atoms with E-state index in [0.717, 1.165) is 12.0 Å². The number of hydrazone groups is 1. The highest BCUT2D eigenvalue weighted by Crippen LogP contribution is 2.32. The average molecular weight is 396 g/mol. The number of rotatable bonds is 1. The zero-order chi connectivity index (χ0) is 21.0. The van der Waals surface area contributed by atoms with Gasteiger partial charge < -0.3 is 0 Å². The van der Waals surface area contributed by atoms with Crippen molar-refractivity contribution in [1.82, 2.24) is 5.43 Å². The van der Waals surface area contributed by atoms with Gasteiger partial charge in [0, 0.05) is 19.0 Å². The third-order valence-electron chi connectivity index (χ3n) is 4.57. The van der Waals surface area contributed by atoms with Crippen LogP contribution < -0.4 is 5.43 Å². The van der Waals surface area contributed by atoms with Crippen LogP contribution in [-0.4, -0.2) is 18.6 Å². The lowest BCUT2D eigenvalue weighted by Gasteiger charge is -2.15. The maximum atomic E-state index is 12.9. The number of halogens is 3. The highest BCUT2D eigenvalue weighted by Gasteiger charge is 2.34. The van der Waals surface area contributed by atoms with E-state index >= 15 is 0 Å². The molecule has 6 heteroatoms. The molecule has 1 heterocycles. The summed E-state index contributed by atoms with van der Waals surface area (Å²) in [6.07, 6.45) is 6.78. The third-order valence-corrected chi connectivity index (χ3v) is 4.57. The van der Waals surface area contributed by atoms with Crippen LogP contribution in [0.25, 0.3) is 0 Å². The molecule has 0 radical (unpaired) electrons. The molecule has 1 aromatic carbocycles. The first-order valence-corrected chi connectivity index (χ1v) is 10.0. The van der Waals surface area contributed by atoms with Gasteiger partial charge in [-0.3, -0.25) is 10.4 Å². The fourth-order valence-corrected chi connectivity index (χ4v) is 3.07. The Bertz CT molecular complexity index is 670. The Labute approximate surface area is 166 Å². The van der Waals surface area contributed by atoms with Gasteiger partial charge in [-0.1, -0.05) is 77.2 Å². The molecule has 1 fully saturated rings. The van der Waals surface area contributed by atoms with Crippen molar-refractivity contribution in [3.05, 3.63) is 47.5 Å². The summed E-state index contributed by atoms with van der Waals surface area (Å²) >= 11 is 0. The monoisotopic (exact) mass is 395 g/mol. The Morgan fingerprint density at radius 3 is 2.25 bits per heavy atom. The first-order valence-electron chi connectivity index (χ1n) is 10.0. The number of nitrogens with zero attached hydrogens (tertiary/aromatic N) is 2. The number of aliphatic imine (C=N–C) groups is 1. The van der Waals surface area contributed by atoms with Crippen LogP contribution in [0.5, 0.6) is 0 Å². The molecule has 0 atom stereocenters. The molecule has 2 aliphatic rings. The van der Waals surface area contributed by atoms with Gasteiger partial charge in [-0.25, -0.2) is 0 Å². The average Bonchev–Trinajstić information content (AvgIpc) is 2.96. The summed E-state index contributed by atoms with van der Waals surface area (Å²) in [6.45, 7) is 6.36. The molecule has 156 valence electrons. The summed E-state index contributed by atoms with van der Waals surface area (Å²) in [4.78, 5) is 3.90. The minimum atomic E-state index is -4.39. The fraction of sp³-hybridized carbons (Fsp3) is 0.545. The Morgan fingerprint density at radius 1 is 1.07 bits per heavy atom. The van der Waals surface area contributed by atoms with Gasteiger partial charge in [0.1, 0.15) is 5.84 Å². The lowest BCUT2D eigenvalue weighted by Crippen LogP contribution is -2.18. The van der Waals surface area contributed by atoms with E-state index in [9.17, 15) is 13.2 Å². The van der Waals surface area contributed by atoms with Crippen LogP contribution in [-0.2, 0) is 6.18 Å². The number of hydrogen-bond donors (Lipinski definition) is 1. The number of allylic oxidation sites excluding steroid dienone is 1. The maximum Gasteiger partial charge on any atom is 0.417 e. The van der Waals surface area contributed by atoms with Crippen LogP contribution >= 0.6 is 0 Å². The second-order valence-electron chi connectivity index (χ2n) is 6.67. The Hall–Kier alpha value is -2.11. The van der Waals surface area contributed by atoms with Gasteiger partial charge in [0.25, 0.3) is 0 Å². The maximum absolute atomic E-state index is 12.9. The standard InChI is InChI=1S/C13H12F3N3.C7H14.C2H6/c1-17-12-8-4-7-11(18-19-12)9-5-2-3-6-10(9)13(14,15)16;1-7-5-3-2-4-6-7;1-2/h2-6,8H,7H2,1H3,(H,17,19);7H,2-6H2,1H3;1-2H3. The molecule has 0 spiro atoms. The molecule has 0 bridgehead atoms. The summed E-state index contributed by atoms with van der Waals surface area (Å²) in [6, 6.07) is 5.41. The number of alkyl halides is 3. The molecule has 1 saturated carbocycles. The lowest BCUT2D eigenvalue weighted by atomic mass is 9.91. The van der Waals surface area contributed by atoms with Crippen molar-refractivity contribution in [1.29, 1.82) is 0 Å². The van der Waals surface area contributed by atoms with Gasteiger partial charge in [-0.2, -0.15) is 18.3 Å². The van der Waals surface area contributed by atoms with Gasteiger partial charge in [-0.05, 0) is 18.1 Å². The zero-order valence-electron chi connectivity index (χ0n) is 17.3. The first-order chi connectivity index (χ1) is 13.4. The number of amidine groups is 1. The van der Waals surface area contributed by atoms with Gasteiger partial charge in [0.15, 0.2) is 0 Å². The van der Waals surface area contributed by atoms with Crippen molar-refractivity contribution in [2.24, 2.45) is 16.0 Å². The second kappa shape index (κ2) is 12.4. The van der Waals surface area contributed by atoms with Crippen LogP contribution in [0.15, 0.2) is 46.5 Å². The number of benzene rings is 1. The molecular weight excluding hydrogens is 363 g/mol. The molecule has 0 amide bonds. The van der Waals surface area contributed by atoms with Crippen molar-refractivity contribution < 1.29 is 13.2 Å². The Kier molecular flexibility index (Phi) is 10.6.